The third-order valence-electron chi connectivity index (χ3n) is 4.08. The zero-order chi connectivity index (χ0) is 13.8. The molecule has 0 spiro atoms. The first-order chi connectivity index (χ1) is 9.17. The van der Waals surface area contributed by atoms with E-state index in [-0.39, 0.29) is 11.9 Å². The zero-order valence-electron chi connectivity index (χ0n) is 12.1. The molecule has 1 aliphatic rings. The van der Waals surface area contributed by atoms with Crippen molar-refractivity contribution in [2.45, 2.75) is 39.2 Å². The van der Waals surface area contributed by atoms with Gasteiger partial charge in [0.1, 0.15) is 0 Å². The third-order valence-corrected chi connectivity index (χ3v) is 4.08. The number of hydrogen-bond acceptors (Lipinski definition) is 2. The minimum atomic E-state index is -0.0901. The second kappa shape index (κ2) is 6.20. The molecule has 2 atom stereocenters. The molecule has 1 amide bonds. The normalized spacial score (nSPS) is 18.4. The van der Waals surface area contributed by atoms with Gasteiger partial charge in [0.2, 0.25) is 5.91 Å². The van der Waals surface area contributed by atoms with E-state index in [9.17, 15) is 4.79 Å². The average molecular weight is 260 g/mol. The fourth-order valence-corrected chi connectivity index (χ4v) is 2.76. The standard InChI is InChI=1S/C16H24N2O/c1-4-18(5-2)16(19)12(3)17-11-14-10-13-8-6-7-9-15(13)14/h6-9,12,14,17H,4-5,10-11H2,1-3H3. The number of rotatable bonds is 6. The van der Waals surface area contributed by atoms with Crippen molar-refractivity contribution in [3.8, 4) is 0 Å². The van der Waals surface area contributed by atoms with E-state index >= 15 is 0 Å². The van der Waals surface area contributed by atoms with Gasteiger partial charge < -0.3 is 10.2 Å². The van der Waals surface area contributed by atoms with Crippen molar-refractivity contribution in [3.05, 3.63) is 35.4 Å². The molecule has 2 unspecified atom stereocenters. The van der Waals surface area contributed by atoms with Crippen LogP contribution in [0.1, 0.15) is 37.8 Å². The maximum absolute atomic E-state index is 12.1. The van der Waals surface area contributed by atoms with Gasteiger partial charge in [0.05, 0.1) is 6.04 Å². The highest BCUT2D eigenvalue weighted by atomic mass is 16.2. The SMILES string of the molecule is CCN(CC)C(=O)C(C)NCC1Cc2ccccc21. The lowest BCUT2D eigenvalue weighted by molar-refractivity contribution is -0.132. The Morgan fingerprint density at radius 1 is 1.37 bits per heavy atom. The molecule has 1 N–H and O–H groups in total. The zero-order valence-corrected chi connectivity index (χ0v) is 12.1. The quantitative estimate of drug-likeness (QED) is 0.850. The molecule has 1 aromatic rings. The smallest absolute Gasteiger partial charge is 0.239 e. The van der Waals surface area contributed by atoms with Crippen molar-refractivity contribution >= 4 is 5.91 Å². The van der Waals surface area contributed by atoms with Gasteiger partial charge in [-0.1, -0.05) is 24.3 Å². The van der Waals surface area contributed by atoms with Crippen LogP contribution in [0.3, 0.4) is 0 Å². The van der Waals surface area contributed by atoms with E-state index in [0.717, 1.165) is 26.1 Å². The molecule has 0 aliphatic heterocycles. The summed E-state index contributed by atoms with van der Waals surface area (Å²) in [6, 6.07) is 8.48. The van der Waals surface area contributed by atoms with Gasteiger partial charge >= 0.3 is 0 Å². The van der Waals surface area contributed by atoms with Crippen LogP contribution in [0, 0.1) is 0 Å². The van der Waals surface area contributed by atoms with Crippen molar-refractivity contribution in [3.63, 3.8) is 0 Å². The Balaban J connectivity index is 1.82. The Labute approximate surface area is 116 Å². The second-order valence-corrected chi connectivity index (χ2v) is 5.24. The van der Waals surface area contributed by atoms with E-state index in [1.54, 1.807) is 0 Å². The van der Waals surface area contributed by atoms with Crippen LogP contribution in [0.25, 0.3) is 0 Å². The maximum Gasteiger partial charge on any atom is 0.239 e. The van der Waals surface area contributed by atoms with E-state index in [2.05, 4.69) is 29.6 Å². The Morgan fingerprint density at radius 3 is 2.68 bits per heavy atom. The average Bonchev–Trinajstić information content (AvgIpc) is 2.40. The highest BCUT2D eigenvalue weighted by Gasteiger charge is 2.26. The summed E-state index contributed by atoms with van der Waals surface area (Å²) in [6.45, 7) is 8.48. The number of nitrogens with one attached hydrogen (secondary N) is 1. The number of benzene rings is 1. The van der Waals surface area contributed by atoms with Gasteiger partial charge in [0.25, 0.3) is 0 Å². The van der Waals surface area contributed by atoms with Crippen LogP contribution in [0.15, 0.2) is 24.3 Å². The maximum atomic E-state index is 12.1. The van der Waals surface area contributed by atoms with Crippen LogP contribution in [0.5, 0.6) is 0 Å². The van der Waals surface area contributed by atoms with Gasteiger partial charge in [-0.25, -0.2) is 0 Å². The molecule has 104 valence electrons. The Kier molecular flexibility index (Phi) is 4.59. The summed E-state index contributed by atoms with van der Waals surface area (Å²) in [5, 5.41) is 3.38. The Hall–Kier alpha value is -1.35. The first kappa shape index (κ1) is 14.1. The van der Waals surface area contributed by atoms with Crippen LogP contribution >= 0.6 is 0 Å². The Morgan fingerprint density at radius 2 is 2.05 bits per heavy atom. The minimum absolute atomic E-state index is 0.0901. The molecule has 1 aliphatic carbocycles. The number of amides is 1. The fraction of sp³-hybridized carbons (Fsp3) is 0.562. The Bertz CT molecular complexity index is 440. The highest BCUT2D eigenvalue weighted by Crippen LogP contribution is 2.34. The molecular formula is C16H24N2O. The molecule has 0 saturated carbocycles. The van der Waals surface area contributed by atoms with Crippen molar-refractivity contribution in [2.24, 2.45) is 0 Å². The number of carbonyl (C=O) groups excluding carboxylic acids is 1. The fourth-order valence-electron chi connectivity index (χ4n) is 2.76. The molecule has 2 rings (SSSR count). The lowest BCUT2D eigenvalue weighted by atomic mass is 9.77. The van der Waals surface area contributed by atoms with Crippen LogP contribution < -0.4 is 5.32 Å². The van der Waals surface area contributed by atoms with E-state index < -0.39 is 0 Å². The molecule has 1 aromatic carbocycles. The minimum Gasteiger partial charge on any atom is -0.342 e. The first-order valence-corrected chi connectivity index (χ1v) is 7.27. The summed E-state index contributed by atoms with van der Waals surface area (Å²) >= 11 is 0. The summed E-state index contributed by atoms with van der Waals surface area (Å²) in [5.74, 6) is 0.778. The second-order valence-electron chi connectivity index (χ2n) is 5.24. The van der Waals surface area contributed by atoms with Gasteiger partial charge in [-0.15, -0.1) is 0 Å². The van der Waals surface area contributed by atoms with Crippen LogP contribution in [0.2, 0.25) is 0 Å². The largest absolute Gasteiger partial charge is 0.342 e. The van der Waals surface area contributed by atoms with E-state index in [1.807, 2.05) is 25.7 Å². The summed E-state index contributed by atoms with van der Waals surface area (Å²) in [6.07, 6.45) is 1.13. The lowest BCUT2D eigenvalue weighted by Gasteiger charge is -2.32. The predicted molar refractivity (Wildman–Crippen MR) is 78.3 cm³/mol. The monoisotopic (exact) mass is 260 g/mol. The molecule has 0 radical (unpaired) electrons. The molecule has 0 heterocycles. The van der Waals surface area contributed by atoms with Crippen molar-refractivity contribution in [1.29, 1.82) is 0 Å². The van der Waals surface area contributed by atoms with Crippen LogP contribution in [-0.2, 0) is 11.2 Å². The molecule has 0 fully saturated rings. The third kappa shape index (κ3) is 2.98. The summed E-state index contributed by atoms with van der Waals surface area (Å²) in [5.41, 5.74) is 2.90. The van der Waals surface area contributed by atoms with Crippen molar-refractivity contribution < 1.29 is 4.79 Å². The molecule has 0 aromatic heterocycles. The topological polar surface area (TPSA) is 32.3 Å². The van der Waals surface area contributed by atoms with E-state index in [0.29, 0.717) is 5.92 Å². The van der Waals surface area contributed by atoms with E-state index in [1.165, 1.54) is 11.1 Å². The molecule has 0 saturated heterocycles. The van der Waals surface area contributed by atoms with Crippen LogP contribution in [-0.4, -0.2) is 36.5 Å². The van der Waals surface area contributed by atoms with Crippen molar-refractivity contribution in [1.82, 2.24) is 10.2 Å². The number of fused-ring (bicyclic) bond motifs is 1. The number of hydrogen-bond donors (Lipinski definition) is 1. The van der Waals surface area contributed by atoms with Gasteiger partial charge in [-0.3, -0.25) is 4.79 Å². The summed E-state index contributed by atoms with van der Waals surface area (Å²) < 4.78 is 0. The molecular weight excluding hydrogens is 236 g/mol. The first-order valence-electron chi connectivity index (χ1n) is 7.27. The van der Waals surface area contributed by atoms with Gasteiger partial charge in [-0.05, 0) is 38.3 Å². The molecule has 19 heavy (non-hydrogen) atoms. The van der Waals surface area contributed by atoms with Crippen molar-refractivity contribution in [2.75, 3.05) is 19.6 Å². The van der Waals surface area contributed by atoms with Gasteiger partial charge in [0.15, 0.2) is 0 Å². The van der Waals surface area contributed by atoms with E-state index in [4.69, 9.17) is 0 Å². The van der Waals surface area contributed by atoms with Gasteiger partial charge in [-0.2, -0.15) is 0 Å². The molecule has 3 heteroatoms. The number of likely N-dealkylation sites (N-methyl/N-ethyl adjacent to an activating group) is 1. The lowest BCUT2D eigenvalue weighted by Crippen LogP contribution is -2.46. The highest BCUT2D eigenvalue weighted by molar-refractivity contribution is 5.81. The molecule has 3 nitrogen and oxygen atoms in total. The predicted octanol–water partition coefficient (Wildman–Crippen LogP) is 2.17. The van der Waals surface area contributed by atoms with Gasteiger partial charge in [0, 0.05) is 25.6 Å². The number of carbonyl (C=O) groups is 1. The summed E-state index contributed by atoms with van der Waals surface area (Å²) in [4.78, 5) is 14.0. The molecule has 0 bridgehead atoms. The summed E-state index contributed by atoms with van der Waals surface area (Å²) in [7, 11) is 0. The van der Waals surface area contributed by atoms with Crippen LogP contribution in [0.4, 0.5) is 0 Å². The number of nitrogens with zero attached hydrogens (tertiary/aromatic N) is 1.